The van der Waals surface area contributed by atoms with Gasteiger partial charge in [-0.3, -0.25) is 0 Å². The van der Waals surface area contributed by atoms with Crippen molar-refractivity contribution in [2.24, 2.45) is 11.8 Å². The summed E-state index contributed by atoms with van der Waals surface area (Å²) in [5, 5.41) is 0. The minimum absolute atomic E-state index is 0.188. The van der Waals surface area contributed by atoms with Crippen LogP contribution in [0.4, 0.5) is 8.78 Å². The second-order valence-corrected chi connectivity index (χ2v) is 2.46. The minimum Gasteiger partial charge on any atom is -0.206 e. The van der Waals surface area contributed by atoms with E-state index in [2.05, 4.69) is 0 Å². The first-order valence-corrected chi connectivity index (χ1v) is 2.61. The minimum atomic E-state index is -2.22. The quantitative estimate of drug-likeness (QED) is 0.438. The van der Waals surface area contributed by atoms with E-state index in [0.717, 1.165) is 12.8 Å². The molecular formula is C5H6F2. The van der Waals surface area contributed by atoms with Crippen LogP contribution < -0.4 is 0 Å². The molecule has 7 heavy (non-hydrogen) atoms. The van der Waals surface area contributed by atoms with Crippen molar-refractivity contribution in [2.45, 2.75) is 18.8 Å². The summed E-state index contributed by atoms with van der Waals surface area (Å²) in [4.78, 5) is 0. The van der Waals surface area contributed by atoms with Crippen LogP contribution in [0, 0.1) is 11.8 Å². The van der Waals surface area contributed by atoms with Gasteiger partial charge in [0.15, 0.2) is 0 Å². The van der Waals surface area contributed by atoms with Crippen LogP contribution in [-0.2, 0) is 0 Å². The molecule has 2 atom stereocenters. The van der Waals surface area contributed by atoms with Gasteiger partial charge in [0.05, 0.1) is 0 Å². The second kappa shape index (κ2) is 0.721. The zero-order chi connectivity index (χ0) is 5.07. The molecule has 0 aromatic heterocycles. The summed E-state index contributed by atoms with van der Waals surface area (Å²) in [6, 6.07) is 0. The lowest BCUT2D eigenvalue weighted by atomic mass is 10.0. The highest BCUT2D eigenvalue weighted by molar-refractivity contribution is 5.12. The molecule has 0 aromatic rings. The van der Waals surface area contributed by atoms with Gasteiger partial charge in [-0.15, -0.1) is 0 Å². The largest absolute Gasteiger partial charge is 0.254 e. The maximum Gasteiger partial charge on any atom is 0.254 e. The molecular weight excluding hydrogens is 98.1 g/mol. The highest BCUT2D eigenvalue weighted by atomic mass is 19.3. The summed E-state index contributed by atoms with van der Waals surface area (Å²) in [6.07, 6.45) is 1.55. The summed E-state index contributed by atoms with van der Waals surface area (Å²) < 4.78 is 24.0. The predicted molar refractivity (Wildman–Crippen MR) is 21.2 cm³/mol. The summed E-state index contributed by atoms with van der Waals surface area (Å²) in [5.41, 5.74) is 0. The highest BCUT2D eigenvalue weighted by Crippen LogP contribution is 2.67. The van der Waals surface area contributed by atoms with E-state index in [1.54, 1.807) is 0 Å². The standard InChI is InChI=1S/C5H6F2/c6-5(7)3-1-2-4(3)5/h3-4H,1-2H2/t3-,4+. The van der Waals surface area contributed by atoms with Crippen molar-refractivity contribution >= 4 is 0 Å². The van der Waals surface area contributed by atoms with Gasteiger partial charge in [-0.2, -0.15) is 0 Å². The average Bonchev–Trinajstić information content (AvgIpc) is 1.52. The smallest absolute Gasteiger partial charge is 0.206 e. The van der Waals surface area contributed by atoms with Crippen LogP contribution in [0.2, 0.25) is 0 Å². The Hall–Kier alpha value is -0.140. The molecule has 0 nitrogen and oxygen atoms in total. The SMILES string of the molecule is FC1(F)[C@@H]2CC[C@@H]21. The molecule has 2 fully saturated rings. The molecule has 0 radical (unpaired) electrons. The third kappa shape index (κ3) is 0.245. The molecule has 2 heteroatoms. The van der Waals surface area contributed by atoms with Crippen LogP contribution in [-0.4, -0.2) is 5.92 Å². The molecule has 0 amide bonds. The molecule has 0 saturated heterocycles. The molecule has 0 unspecified atom stereocenters. The Morgan fingerprint density at radius 1 is 1.14 bits per heavy atom. The summed E-state index contributed by atoms with van der Waals surface area (Å²) >= 11 is 0. The normalized spacial score (nSPS) is 52.3. The van der Waals surface area contributed by atoms with E-state index in [1.807, 2.05) is 0 Å². The predicted octanol–water partition coefficient (Wildman–Crippen LogP) is 1.66. The van der Waals surface area contributed by atoms with Gasteiger partial charge < -0.3 is 0 Å². The topological polar surface area (TPSA) is 0 Å². The fourth-order valence-corrected chi connectivity index (χ4v) is 1.35. The van der Waals surface area contributed by atoms with Crippen molar-refractivity contribution in [1.29, 1.82) is 0 Å². The summed E-state index contributed by atoms with van der Waals surface area (Å²) in [6.45, 7) is 0. The number of halogens is 2. The van der Waals surface area contributed by atoms with Crippen LogP contribution in [0.3, 0.4) is 0 Å². The van der Waals surface area contributed by atoms with Gasteiger partial charge in [-0.25, -0.2) is 8.78 Å². The highest BCUT2D eigenvalue weighted by Gasteiger charge is 2.72. The zero-order valence-electron chi connectivity index (χ0n) is 3.82. The second-order valence-electron chi connectivity index (χ2n) is 2.46. The maximum atomic E-state index is 12.0. The molecule has 2 rings (SSSR count). The van der Waals surface area contributed by atoms with Crippen molar-refractivity contribution in [3.05, 3.63) is 0 Å². The van der Waals surface area contributed by atoms with E-state index in [9.17, 15) is 8.78 Å². The fourth-order valence-electron chi connectivity index (χ4n) is 1.35. The van der Waals surface area contributed by atoms with Gasteiger partial charge in [0.1, 0.15) is 0 Å². The Bertz CT molecular complexity index is 96.6. The lowest BCUT2D eigenvalue weighted by Crippen LogP contribution is -1.93. The molecule has 2 aliphatic carbocycles. The van der Waals surface area contributed by atoms with E-state index < -0.39 is 5.92 Å². The van der Waals surface area contributed by atoms with Crippen LogP contribution in [0.25, 0.3) is 0 Å². The number of rotatable bonds is 0. The molecule has 0 heterocycles. The van der Waals surface area contributed by atoms with Gasteiger partial charge in [0, 0.05) is 11.8 Å². The Morgan fingerprint density at radius 3 is 1.57 bits per heavy atom. The molecule has 2 aliphatic rings. The molecule has 2 saturated carbocycles. The lowest BCUT2D eigenvalue weighted by Gasteiger charge is -2.01. The Kier molecular flexibility index (Phi) is 0.392. The third-order valence-electron chi connectivity index (χ3n) is 2.15. The number of fused-ring (bicyclic) bond motifs is 1. The van der Waals surface area contributed by atoms with E-state index in [0.29, 0.717) is 0 Å². The average molecular weight is 104 g/mol. The van der Waals surface area contributed by atoms with Crippen molar-refractivity contribution in [3.8, 4) is 0 Å². The zero-order valence-corrected chi connectivity index (χ0v) is 3.82. The van der Waals surface area contributed by atoms with E-state index in [4.69, 9.17) is 0 Å². The van der Waals surface area contributed by atoms with Crippen LogP contribution in [0.15, 0.2) is 0 Å². The van der Waals surface area contributed by atoms with Gasteiger partial charge >= 0.3 is 0 Å². The number of hydrogen-bond acceptors (Lipinski definition) is 0. The maximum absolute atomic E-state index is 12.0. The summed E-state index contributed by atoms with van der Waals surface area (Å²) in [5.74, 6) is -2.60. The van der Waals surface area contributed by atoms with Gasteiger partial charge in [-0.05, 0) is 12.8 Å². The third-order valence-corrected chi connectivity index (χ3v) is 2.15. The number of hydrogen-bond donors (Lipinski definition) is 0. The molecule has 0 N–H and O–H groups in total. The Labute approximate surface area is 40.5 Å². The van der Waals surface area contributed by atoms with Gasteiger partial charge in [-0.1, -0.05) is 0 Å². The molecule has 0 bridgehead atoms. The van der Waals surface area contributed by atoms with Crippen LogP contribution in [0.1, 0.15) is 12.8 Å². The van der Waals surface area contributed by atoms with E-state index in [1.165, 1.54) is 0 Å². The Morgan fingerprint density at radius 2 is 1.57 bits per heavy atom. The van der Waals surface area contributed by atoms with Crippen LogP contribution >= 0.6 is 0 Å². The molecule has 40 valence electrons. The first-order chi connectivity index (χ1) is 3.23. The lowest BCUT2D eigenvalue weighted by molar-refractivity contribution is 0.0978. The monoisotopic (exact) mass is 104 g/mol. The van der Waals surface area contributed by atoms with E-state index in [-0.39, 0.29) is 11.8 Å². The fraction of sp³-hybridized carbons (Fsp3) is 1.00. The first-order valence-electron chi connectivity index (χ1n) is 2.61. The van der Waals surface area contributed by atoms with Crippen LogP contribution in [0.5, 0.6) is 0 Å². The van der Waals surface area contributed by atoms with Crippen molar-refractivity contribution in [3.63, 3.8) is 0 Å². The van der Waals surface area contributed by atoms with Crippen molar-refractivity contribution < 1.29 is 8.78 Å². The molecule has 0 spiro atoms. The summed E-state index contributed by atoms with van der Waals surface area (Å²) in [7, 11) is 0. The van der Waals surface area contributed by atoms with Gasteiger partial charge in [0.25, 0.3) is 5.92 Å². The van der Waals surface area contributed by atoms with Crippen molar-refractivity contribution in [2.75, 3.05) is 0 Å². The first kappa shape index (κ1) is 3.81. The van der Waals surface area contributed by atoms with Gasteiger partial charge in [0.2, 0.25) is 0 Å². The van der Waals surface area contributed by atoms with E-state index >= 15 is 0 Å². The molecule has 0 aromatic carbocycles. The van der Waals surface area contributed by atoms with Crippen molar-refractivity contribution in [1.82, 2.24) is 0 Å². The molecule has 0 aliphatic heterocycles. The Balaban J connectivity index is 2.18. The number of alkyl halides is 2.